The molecule has 31 heavy (non-hydrogen) atoms. The Morgan fingerprint density at radius 2 is 1.81 bits per heavy atom. The number of benzene rings is 2. The minimum atomic E-state index is -4.71. The lowest BCUT2D eigenvalue weighted by Gasteiger charge is -2.17. The highest BCUT2D eigenvalue weighted by Gasteiger charge is 2.33. The maximum atomic E-state index is 12.9. The smallest absolute Gasteiger partial charge is 0.417 e. The van der Waals surface area contributed by atoms with E-state index < -0.39 is 53.4 Å². The van der Waals surface area contributed by atoms with Gasteiger partial charge in [-0.2, -0.15) is 13.2 Å². The third kappa shape index (κ3) is 6.51. The Morgan fingerprint density at radius 3 is 2.42 bits per heavy atom. The van der Waals surface area contributed by atoms with Gasteiger partial charge in [0.25, 0.3) is 5.91 Å². The lowest BCUT2D eigenvalue weighted by atomic mass is 10.2. The number of alkyl halides is 3. The molecule has 0 fully saturated rings. The summed E-state index contributed by atoms with van der Waals surface area (Å²) in [6.07, 6.45) is -4.71. The van der Waals surface area contributed by atoms with Gasteiger partial charge < -0.3 is 25.2 Å². The molecule has 0 bridgehead atoms. The fourth-order valence-corrected chi connectivity index (χ4v) is 2.56. The van der Waals surface area contributed by atoms with Gasteiger partial charge in [0.2, 0.25) is 5.91 Å². The van der Waals surface area contributed by atoms with Crippen molar-refractivity contribution in [3.63, 3.8) is 0 Å². The number of nitrogens with one attached hydrogen (secondary N) is 1. The van der Waals surface area contributed by atoms with Crippen LogP contribution >= 0.6 is 11.6 Å². The molecular weight excluding hydrogens is 445 g/mol. The molecule has 12 heteroatoms. The van der Waals surface area contributed by atoms with Crippen LogP contribution in [0, 0.1) is 0 Å². The number of carbonyl (C=O) groups is 3. The van der Waals surface area contributed by atoms with Crippen LogP contribution in [0.3, 0.4) is 0 Å². The summed E-state index contributed by atoms with van der Waals surface area (Å²) in [5, 5.41) is 20.5. The lowest BCUT2D eigenvalue weighted by molar-refractivity contribution is -0.137. The number of aromatic hydroxyl groups is 2. The van der Waals surface area contributed by atoms with E-state index in [1.54, 1.807) is 0 Å². The van der Waals surface area contributed by atoms with Crippen molar-refractivity contribution in [2.24, 2.45) is 0 Å². The van der Waals surface area contributed by atoms with Crippen molar-refractivity contribution in [2.45, 2.75) is 6.18 Å². The molecule has 2 aromatic rings. The number of hydrogen-bond donors (Lipinski definition) is 3. The van der Waals surface area contributed by atoms with Gasteiger partial charge in [-0.15, -0.1) is 0 Å². The summed E-state index contributed by atoms with van der Waals surface area (Å²) in [6.45, 7) is -1.30. The summed E-state index contributed by atoms with van der Waals surface area (Å²) < 4.78 is 43.4. The molecule has 166 valence electrons. The van der Waals surface area contributed by atoms with Crippen molar-refractivity contribution < 1.29 is 42.5 Å². The number of phenols is 2. The Hall–Kier alpha value is -3.47. The van der Waals surface area contributed by atoms with Crippen molar-refractivity contribution >= 4 is 35.1 Å². The maximum Gasteiger partial charge on any atom is 0.417 e. The quantitative estimate of drug-likeness (QED) is 0.571. The van der Waals surface area contributed by atoms with Crippen molar-refractivity contribution in [1.29, 1.82) is 0 Å². The first kappa shape index (κ1) is 23.8. The Labute approximate surface area is 178 Å². The molecule has 0 aromatic heterocycles. The zero-order valence-electron chi connectivity index (χ0n) is 15.9. The number of hydrogen-bond acceptors (Lipinski definition) is 6. The van der Waals surface area contributed by atoms with Gasteiger partial charge in [-0.25, -0.2) is 4.79 Å². The SMILES string of the molecule is CN(CC(=O)Nc1ccc(Cl)c(C(F)(F)F)c1)C(=O)COC(=O)c1ccc(O)cc1O. The first-order chi connectivity index (χ1) is 14.4. The highest BCUT2D eigenvalue weighted by Crippen LogP contribution is 2.36. The zero-order valence-corrected chi connectivity index (χ0v) is 16.6. The molecule has 3 N–H and O–H groups in total. The first-order valence-electron chi connectivity index (χ1n) is 8.48. The second-order valence-electron chi connectivity index (χ2n) is 6.27. The number of halogens is 4. The number of esters is 1. The second kappa shape index (κ2) is 9.56. The molecule has 0 aliphatic rings. The minimum Gasteiger partial charge on any atom is -0.508 e. The number of anilines is 1. The Bertz CT molecular complexity index is 1010. The largest absolute Gasteiger partial charge is 0.508 e. The van der Waals surface area contributed by atoms with Crippen LogP contribution in [0.5, 0.6) is 11.5 Å². The van der Waals surface area contributed by atoms with Crippen molar-refractivity contribution in [1.82, 2.24) is 4.90 Å². The molecule has 0 atom stereocenters. The molecule has 0 saturated carbocycles. The second-order valence-corrected chi connectivity index (χ2v) is 6.68. The number of nitrogens with zero attached hydrogens (tertiary/aromatic N) is 1. The molecule has 0 spiro atoms. The minimum absolute atomic E-state index is 0.170. The van der Waals surface area contributed by atoms with E-state index in [0.717, 1.165) is 29.2 Å². The average Bonchev–Trinajstić information content (AvgIpc) is 2.66. The van der Waals surface area contributed by atoms with Gasteiger partial charge in [-0.1, -0.05) is 11.6 Å². The van der Waals surface area contributed by atoms with Crippen molar-refractivity contribution in [3.05, 3.63) is 52.5 Å². The lowest BCUT2D eigenvalue weighted by Crippen LogP contribution is -2.37. The van der Waals surface area contributed by atoms with E-state index >= 15 is 0 Å². The van der Waals surface area contributed by atoms with Gasteiger partial charge >= 0.3 is 12.1 Å². The molecule has 2 aromatic carbocycles. The van der Waals surface area contributed by atoms with E-state index in [2.05, 4.69) is 5.32 Å². The summed E-state index contributed by atoms with van der Waals surface area (Å²) in [5.41, 5.74) is -1.58. The highest BCUT2D eigenvalue weighted by atomic mass is 35.5. The predicted molar refractivity (Wildman–Crippen MR) is 103 cm³/mol. The molecular formula is C19H16ClF3N2O6. The van der Waals surface area contributed by atoms with Crippen LogP contribution in [0.1, 0.15) is 15.9 Å². The van der Waals surface area contributed by atoms with Gasteiger partial charge in [0, 0.05) is 18.8 Å². The first-order valence-corrected chi connectivity index (χ1v) is 8.86. The van der Waals surface area contributed by atoms with Crippen LogP contribution in [0.4, 0.5) is 18.9 Å². The monoisotopic (exact) mass is 460 g/mol. The summed E-state index contributed by atoms with van der Waals surface area (Å²) in [5.74, 6) is -3.45. The predicted octanol–water partition coefficient (Wildman–Crippen LogP) is 3.02. The standard InChI is InChI=1S/C19H16ClF3N2O6/c1-25(17(29)9-31-18(30)12-4-3-11(26)7-15(12)27)8-16(28)24-10-2-5-14(20)13(6-10)19(21,22)23/h2-7,26-27H,8-9H2,1H3,(H,24,28). The highest BCUT2D eigenvalue weighted by molar-refractivity contribution is 6.31. The van der Waals surface area contributed by atoms with E-state index in [0.29, 0.717) is 6.07 Å². The summed E-state index contributed by atoms with van der Waals surface area (Å²) in [6, 6.07) is 5.95. The normalized spacial score (nSPS) is 11.0. The number of carbonyl (C=O) groups excluding carboxylic acids is 3. The molecule has 2 rings (SSSR count). The molecule has 0 radical (unpaired) electrons. The van der Waals surface area contributed by atoms with Crippen LogP contribution in [-0.4, -0.2) is 53.1 Å². The van der Waals surface area contributed by atoms with E-state index in [-0.39, 0.29) is 17.0 Å². The van der Waals surface area contributed by atoms with Gasteiger partial charge in [-0.3, -0.25) is 9.59 Å². The fourth-order valence-electron chi connectivity index (χ4n) is 2.33. The van der Waals surface area contributed by atoms with E-state index in [4.69, 9.17) is 16.3 Å². The van der Waals surface area contributed by atoms with Crippen molar-refractivity contribution in [2.75, 3.05) is 25.5 Å². The van der Waals surface area contributed by atoms with E-state index in [9.17, 15) is 37.8 Å². The van der Waals surface area contributed by atoms with Crippen LogP contribution in [0.2, 0.25) is 5.02 Å². The fraction of sp³-hybridized carbons (Fsp3) is 0.211. The molecule has 0 aliphatic carbocycles. The number of likely N-dealkylation sites (N-methyl/N-ethyl adjacent to an activating group) is 1. The Morgan fingerprint density at radius 1 is 1.13 bits per heavy atom. The third-order valence-corrected chi connectivity index (χ3v) is 4.22. The maximum absolute atomic E-state index is 12.9. The van der Waals surface area contributed by atoms with Crippen LogP contribution in [-0.2, 0) is 20.5 Å². The van der Waals surface area contributed by atoms with Crippen LogP contribution < -0.4 is 5.32 Å². The third-order valence-electron chi connectivity index (χ3n) is 3.89. The molecule has 8 nitrogen and oxygen atoms in total. The van der Waals surface area contributed by atoms with Gasteiger partial charge in [-0.05, 0) is 30.3 Å². The molecule has 2 amide bonds. The van der Waals surface area contributed by atoms with Crippen molar-refractivity contribution in [3.8, 4) is 11.5 Å². The molecule has 0 saturated heterocycles. The number of rotatable bonds is 6. The average molecular weight is 461 g/mol. The summed E-state index contributed by atoms with van der Waals surface area (Å²) in [4.78, 5) is 36.8. The van der Waals surface area contributed by atoms with Crippen LogP contribution in [0.15, 0.2) is 36.4 Å². The van der Waals surface area contributed by atoms with Gasteiger partial charge in [0.05, 0.1) is 17.1 Å². The van der Waals surface area contributed by atoms with Crippen LogP contribution in [0.25, 0.3) is 0 Å². The molecule has 0 heterocycles. The Balaban J connectivity index is 1.91. The zero-order chi connectivity index (χ0) is 23.3. The molecule has 0 unspecified atom stereocenters. The number of phenolic OH excluding ortho intramolecular Hbond substituents is 2. The summed E-state index contributed by atoms with van der Waals surface area (Å²) in [7, 11) is 1.22. The van der Waals surface area contributed by atoms with E-state index in [1.165, 1.54) is 13.1 Å². The summed E-state index contributed by atoms with van der Waals surface area (Å²) >= 11 is 5.51. The number of amides is 2. The number of ether oxygens (including phenoxy) is 1. The van der Waals surface area contributed by atoms with Gasteiger partial charge in [0.1, 0.15) is 17.1 Å². The molecule has 0 aliphatic heterocycles. The van der Waals surface area contributed by atoms with Gasteiger partial charge in [0.15, 0.2) is 6.61 Å². The topological polar surface area (TPSA) is 116 Å². The van der Waals surface area contributed by atoms with E-state index in [1.807, 2.05) is 0 Å². The Kier molecular flexibility index (Phi) is 7.34.